The van der Waals surface area contributed by atoms with E-state index in [1.54, 1.807) is 6.07 Å². The van der Waals surface area contributed by atoms with E-state index in [1.165, 1.54) is 6.07 Å². The first-order valence-electron chi connectivity index (χ1n) is 2.22. The Morgan fingerprint density at radius 1 is 1.56 bits per heavy atom. The lowest BCUT2D eigenvalue weighted by Crippen LogP contribution is -1.73. The van der Waals surface area contributed by atoms with E-state index < -0.39 is 5.82 Å². The average molecular weight is 208 g/mol. The van der Waals surface area contributed by atoms with Gasteiger partial charge in [-0.25, -0.2) is 4.39 Å². The van der Waals surface area contributed by atoms with Gasteiger partial charge in [0.15, 0.2) is 0 Å². The van der Waals surface area contributed by atoms with Crippen LogP contribution in [0.25, 0.3) is 0 Å². The second-order valence-corrected chi connectivity index (χ2v) is 2.82. The van der Waals surface area contributed by atoms with Crippen molar-refractivity contribution < 1.29 is 4.39 Å². The monoisotopic (exact) mass is 207 g/mol. The molecule has 0 aromatic heterocycles. The Balaban J connectivity index is 3.17. The van der Waals surface area contributed by atoms with Gasteiger partial charge in [0, 0.05) is 10.5 Å². The minimum absolute atomic E-state index is 0.280. The van der Waals surface area contributed by atoms with Crippen LogP contribution < -0.4 is 0 Å². The molecule has 0 amide bonds. The maximum Gasteiger partial charge on any atom is 0.133 e. The molecular formula is C6H2BrClF. The lowest BCUT2D eigenvalue weighted by Gasteiger charge is -1.90. The molecule has 9 heavy (non-hydrogen) atoms. The molecule has 0 aliphatic carbocycles. The van der Waals surface area contributed by atoms with Crippen molar-refractivity contribution in [3.8, 4) is 0 Å². The Morgan fingerprint density at radius 2 is 2.22 bits per heavy atom. The van der Waals surface area contributed by atoms with Crippen LogP contribution in [0, 0.1) is 11.9 Å². The summed E-state index contributed by atoms with van der Waals surface area (Å²) in [6.45, 7) is 0. The minimum Gasteiger partial charge on any atom is -0.206 e. The van der Waals surface area contributed by atoms with Crippen molar-refractivity contribution in [3.05, 3.63) is 33.5 Å². The first-order valence-corrected chi connectivity index (χ1v) is 3.39. The van der Waals surface area contributed by atoms with Crippen molar-refractivity contribution >= 4 is 27.5 Å². The lowest BCUT2D eigenvalue weighted by molar-refractivity contribution is 0.625. The lowest BCUT2D eigenvalue weighted by atomic mass is 10.3. The summed E-state index contributed by atoms with van der Waals surface area (Å²) in [4.78, 5) is 0. The summed E-state index contributed by atoms with van der Waals surface area (Å²) in [6, 6.07) is 5.15. The van der Waals surface area contributed by atoms with Gasteiger partial charge in [-0.3, -0.25) is 0 Å². The van der Waals surface area contributed by atoms with Crippen molar-refractivity contribution in [2.45, 2.75) is 0 Å². The molecule has 3 heteroatoms. The van der Waals surface area contributed by atoms with E-state index in [-0.39, 0.29) is 5.02 Å². The van der Waals surface area contributed by atoms with Gasteiger partial charge in [0.05, 0.1) is 5.02 Å². The molecule has 0 aliphatic heterocycles. The van der Waals surface area contributed by atoms with Gasteiger partial charge in [-0.2, -0.15) is 0 Å². The van der Waals surface area contributed by atoms with Gasteiger partial charge < -0.3 is 0 Å². The molecule has 1 aromatic carbocycles. The molecule has 0 N–H and O–H groups in total. The zero-order valence-corrected chi connectivity index (χ0v) is 6.63. The SMILES string of the molecule is Fc1[c]c(Cl)cc(Br)c1. The molecule has 0 heterocycles. The summed E-state index contributed by atoms with van der Waals surface area (Å²) in [5, 5.41) is 0.280. The van der Waals surface area contributed by atoms with E-state index in [9.17, 15) is 4.39 Å². The number of benzene rings is 1. The van der Waals surface area contributed by atoms with Crippen LogP contribution in [0.1, 0.15) is 0 Å². The van der Waals surface area contributed by atoms with Crippen molar-refractivity contribution in [2.75, 3.05) is 0 Å². The highest BCUT2D eigenvalue weighted by Crippen LogP contribution is 2.17. The Labute approximate surface area is 65.8 Å². The second kappa shape index (κ2) is 2.67. The predicted molar refractivity (Wildman–Crippen MR) is 37.9 cm³/mol. The molecule has 0 saturated carbocycles. The van der Waals surface area contributed by atoms with E-state index in [1.807, 2.05) is 0 Å². The number of hydrogen-bond donors (Lipinski definition) is 0. The van der Waals surface area contributed by atoms with Crippen LogP contribution in [0.3, 0.4) is 0 Å². The number of rotatable bonds is 0. The van der Waals surface area contributed by atoms with E-state index in [2.05, 4.69) is 22.0 Å². The van der Waals surface area contributed by atoms with Gasteiger partial charge >= 0.3 is 0 Å². The van der Waals surface area contributed by atoms with Crippen molar-refractivity contribution in [1.82, 2.24) is 0 Å². The van der Waals surface area contributed by atoms with Crippen LogP contribution in [0.15, 0.2) is 16.6 Å². The maximum atomic E-state index is 12.3. The molecule has 0 nitrogen and oxygen atoms in total. The fourth-order valence-corrected chi connectivity index (χ4v) is 1.24. The fourth-order valence-electron chi connectivity index (χ4n) is 0.470. The molecule has 0 unspecified atom stereocenters. The first-order chi connectivity index (χ1) is 4.18. The highest BCUT2D eigenvalue weighted by Gasteiger charge is 1.94. The van der Waals surface area contributed by atoms with Gasteiger partial charge in [0.1, 0.15) is 5.82 Å². The zero-order valence-electron chi connectivity index (χ0n) is 4.29. The minimum atomic E-state index is -0.450. The van der Waals surface area contributed by atoms with Crippen LogP contribution in [0.2, 0.25) is 5.02 Å². The molecule has 47 valence electrons. The molecule has 0 atom stereocenters. The van der Waals surface area contributed by atoms with Crippen molar-refractivity contribution in [1.29, 1.82) is 0 Å². The van der Waals surface area contributed by atoms with Crippen molar-refractivity contribution in [2.24, 2.45) is 0 Å². The molecule has 0 bridgehead atoms. The Kier molecular flexibility index (Phi) is 2.09. The van der Waals surface area contributed by atoms with E-state index >= 15 is 0 Å². The third kappa shape index (κ3) is 1.95. The molecule has 1 rings (SSSR count). The normalized spacial score (nSPS) is 9.67. The fraction of sp³-hybridized carbons (Fsp3) is 0. The highest BCUT2D eigenvalue weighted by atomic mass is 79.9. The average Bonchev–Trinajstić information content (AvgIpc) is 1.59. The van der Waals surface area contributed by atoms with Crippen molar-refractivity contribution in [3.63, 3.8) is 0 Å². The predicted octanol–water partition coefficient (Wildman–Crippen LogP) is 3.04. The van der Waals surface area contributed by atoms with Crippen LogP contribution in [-0.4, -0.2) is 0 Å². The highest BCUT2D eigenvalue weighted by molar-refractivity contribution is 9.10. The summed E-state index contributed by atoms with van der Waals surface area (Å²) in [5.74, 6) is -0.450. The van der Waals surface area contributed by atoms with Crippen LogP contribution >= 0.6 is 27.5 Å². The Bertz CT molecular complexity index is 174. The molecule has 0 fully saturated rings. The summed E-state index contributed by atoms with van der Waals surface area (Å²) in [5.41, 5.74) is 0. The largest absolute Gasteiger partial charge is 0.206 e. The maximum absolute atomic E-state index is 12.3. The molecular weight excluding hydrogens is 206 g/mol. The molecule has 0 spiro atoms. The van der Waals surface area contributed by atoms with Gasteiger partial charge in [-0.05, 0) is 12.1 Å². The number of hydrogen-bond acceptors (Lipinski definition) is 0. The second-order valence-electron chi connectivity index (χ2n) is 1.49. The van der Waals surface area contributed by atoms with E-state index in [0.29, 0.717) is 4.47 Å². The van der Waals surface area contributed by atoms with Crippen LogP contribution in [-0.2, 0) is 0 Å². The summed E-state index contributed by atoms with van der Waals surface area (Å²) < 4.78 is 12.9. The van der Waals surface area contributed by atoms with Crippen LogP contribution in [0.4, 0.5) is 4.39 Å². The smallest absolute Gasteiger partial charge is 0.133 e. The van der Waals surface area contributed by atoms with Gasteiger partial charge in [0.25, 0.3) is 0 Å². The van der Waals surface area contributed by atoms with Gasteiger partial charge in [-0.1, -0.05) is 27.5 Å². The van der Waals surface area contributed by atoms with E-state index in [4.69, 9.17) is 11.6 Å². The zero-order chi connectivity index (χ0) is 6.85. The summed E-state index contributed by atoms with van der Waals surface area (Å²) in [7, 11) is 0. The first kappa shape index (κ1) is 7.03. The van der Waals surface area contributed by atoms with Gasteiger partial charge in [0.2, 0.25) is 0 Å². The van der Waals surface area contributed by atoms with Crippen LogP contribution in [0.5, 0.6) is 0 Å². The molecule has 0 saturated heterocycles. The summed E-state index contributed by atoms with van der Waals surface area (Å²) >= 11 is 8.49. The summed E-state index contributed by atoms with van der Waals surface area (Å²) in [6.07, 6.45) is 0. The van der Waals surface area contributed by atoms with E-state index in [0.717, 1.165) is 0 Å². The number of halogens is 3. The third-order valence-electron chi connectivity index (χ3n) is 0.768. The quantitative estimate of drug-likeness (QED) is 0.615. The third-order valence-corrected chi connectivity index (χ3v) is 1.43. The topological polar surface area (TPSA) is 0 Å². The standard InChI is InChI=1S/C6H2BrClF/c7-4-1-5(8)3-6(9)2-4/h1-2H. The molecule has 1 radical (unpaired) electrons. The molecule has 1 aromatic rings. The molecule has 0 aliphatic rings. The van der Waals surface area contributed by atoms with Gasteiger partial charge in [-0.15, -0.1) is 0 Å². The Hall–Kier alpha value is -0.0800. The Morgan fingerprint density at radius 3 is 2.67 bits per heavy atom.